The average Bonchev–Trinajstić information content (AvgIpc) is 3.51. The molecule has 1 aliphatic heterocycles. The molecule has 4 aromatic rings. The van der Waals surface area contributed by atoms with E-state index >= 15 is 0 Å². The van der Waals surface area contributed by atoms with Crippen LogP contribution in [-0.2, 0) is 14.8 Å². The third-order valence-electron chi connectivity index (χ3n) is 6.44. The number of benzene rings is 3. The minimum atomic E-state index is -4.04. The quantitative estimate of drug-likeness (QED) is 0.155. The predicted octanol–water partition coefficient (Wildman–Crippen LogP) is 5.39. The van der Waals surface area contributed by atoms with Crippen LogP contribution in [0.4, 0.5) is 21.6 Å². The molecule has 1 aromatic heterocycles. The second-order valence-corrected chi connectivity index (χ2v) is 11.1. The molecule has 12 heteroatoms. The van der Waals surface area contributed by atoms with Gasteiger partial charge < -0.3 is 20.1 Å². The topological polar surface area (TPSA) is 134 Å². The zero-order chi connectivity index (χ0) is 29.8. The normalized spacial score (nSPS) is 13.1. The Bertz CT molecular complexity index is 1550. The van der Waals surface area contributed by atoms with Gasteiger partial charge in [-0.05, 0) is 93.0 Å². The highest BCUT2D eigenvalue weighted by atomic mass is 32.2. The monoisotopic (exact) mass is 593 g/mol. The van der Waals surface area contributed by atoms with Gasteiger partial charge in [0, 0.05) is 29.5 Å². The van der Waals surface area contributed by atoms with Crippen molar-refractivity contribution in [3.63, 3.8) is 0 Å². The van der Waals surface area contributed by atoms with Crippen LogP contribution in [0.2, 0.25) is 0 Å². The first-order valence-electron chi connectivity index (χ1n) is 13.4. The minimum absolute atomic E-state index is 0.250. The van der Waals surface area contributed by atoms with Crippen LogP contribution in [-0.4, -0.2) is 61.1 Å². The van der Waals surface area contributed by atoms with Crippen LogP contribution in [0.3, 0.4) is 0 Å². The van der Waals surface area contributed by atoms with Crippen molar-refractivity contribution in [2.45, 2.75) is 24.2 Å². The summed E-state index contributed by atoms with van der Waals surface area (Å²) in [7, 11) is -4.04. The average molecular weight is 594 g/mol. The van der Waals surface area contributed by atoms with Gasteiger partial charge in [0.2, 0.25) is 0 Å². The molecule has 0 atom stereocenters. The lowest BCUT2D eigenvalue weighted by atomic mass is 10.1. The van der Waals surface area contributed by atoms with Gasteiger partial charge in [0.15, 0.2) is 0 Å². The highest BCUT2D eigenvalue weighted by Crippen LogP contribution is 2.25. The lowest BCUT2D eigenvalue weighted by Crippen LogP contribution is -2.21. The highest BCUT2D eigenvalue weighted by molar-refractivity contribution is 7.92. The molecule has 0 aliphatic carbocycles. The van der Waals surface area contributed by atoms with E-state index in [1.807, 2.05) is 30.3 Å². The number of hydrogen-bond donors (Lipinski definition) is 3. The van der Waals surface area contributed by atoms with E-state index < -0.39 is 20.7 Å². The summed E-state index contributed by atoms with van der Waals surface area (Å²) in [5.41, 5.74) is 2.70. The van der Waals surface area contributed by atoms with Crippen LogP contribution in [0, 0.1) is 5.82 Å². The summed E-state index contributed by atoms with van der Waals surface area (Å²) < 4.78 is 47.3. The summed E-state index contributed by atoms with van der Waals surface area (Å²) in [6, 6.07) is 21.5. The number of anilines is 3. The van der Waals surface area contributed by atoms with Gasteiger partial charge in [-0.3, -0.25) is 9.52 Å². The van der Waals surface area contributed by atoms with Crippen molar-refractivity contribution in [1.82, 2.24) is 14.9 Å². The minimum Gasteiger partial charge on any atom is -0.494 e. The Morgan fingerprint density at radius 2 is 1.62 bits per heavy atom. The van der Waals surface area contributed by atoms with Crippen molar-refractivity contribution >= 4 is 33.7 Å². The number of carbonyl (C=O) groups is 1. The first-order chi connectivity index (χ1) is 20.4. The maximum absolute atomic E-state index is 13.9. The first kappa shape index (κ1) is 30.4. The number of sulfonamides is 1. The SMILES string of the molecule is O=CO.O=S(=O)(Nc1ccc(Nc2cc(-c3ccc(OCCCN4CCCC4)cc3)ncn2)cc1)c1ccccc1F. The maximum atomic E-state index is 13.9. The summed E-state index contributed by atoms with van der Waals surface area (Å²) >= 11 is 0. The lowest BCUT2D eigenvalue weighted by Gasteiger charge is -2.14. The van der Waals surface area contributed by atoms with Crippen molar-refractivity contribution in [2.24, 2.45) is 0 Å². The van der Waals surface area contributed by atoms with Gasteiger partial charge in [0.05, 0.1) is 12.3 Å². The fraction of sp³-hybridized carbons (Fsp3) is 0.233. The molecule has 5 rings (SSSR count). The Kier molecular flexibility index (Phi) is 10.8. The zero-order valence-electron chi connectivity index (χ0n) is 22.8. The molecule has 1 aliphatic rings. The van der Waals surface area contributed by atoms with Gasteiger partial charge in [-0.2, -0.15) is 0 Å². The van der Waals surface area contributed by atoms with Crippen LogP contribution in [0.15, 0.2) is 90.1 Å². The van der Waals surface area contributed by atoms with Crippen molar-refractivity contribution in [3.05, 3.63) is 91.0 Å². The molecule has 0 unspecified atom stereocenters. The molecule has 10 nitrogen and oxygen atoms in total. The molecular formula is C30H32FN5O5S. The highest BCUT2D eigenvalue weighted by Gasteiger charge is 2.18. The Morgan fingerprint density at radius 1 is 0.952 bits per heavy atom. The molecular weight excluding hydrogens is 561 g/mol. The van der Waals surface area contributed by atoms with Crippen LogP contribution in [0.25, 0.3) is 11.3 Å². The molecule has 3 N–H and O–H groups in total. The number of likely N-dealkylation sites (tertiary alicyclic amines) is 1. The van der Waals surface area contributed by atoms with Crippen LogP contribution >= 0.6 is 0 Å². The molecule has 42 heavy (non-hydrogen) atoms. The van der Waals surface area contributed by atoms with Gasteiger partial charge >= 0.3 is 0 Å². The number of nitrogens with one attached hydrogen (secondary N) is 2. The molecule has 0 bridgehead atoms. The van der Waals surface area contributed by atoms with E-state index in [0.717, 1.165) is 36.0 Å². The number of hydrogen-bond acceptors (Lipinski definition) is 8. The van der Waals surface area contributed by atoms with Crippen molar-refractivity contribution in [3.8, 4) is 17.0 Å². The van der Waals surface area contributed by atoms with Crippen LogP contribution in [0.1, 0.15) is 19.3 Å². The third-order valence-corrected chi connectivity index (χ3v) is 7.85. The van der Waals surface area contributed by atoms with E-state index in [1.54, 1.807) is 24.3 Å². The second-order valence-electron chi connectivity index (χ2n) is 9.41. The number of rotatable bonds is 11. The van der Waals surface area contributed by atoms with Gasteiger partial charge in [-0.15, -0.1) is 0 Å². The van der Waals surface area contributed by atoms with E-state index in [0.29, 0.717) is 23.8 Å². The van der Waals surface area contributed by atoms with Gasteiger partial charge in [-0.1, -0.05) is 12.1 Å². The molecule has 1 fully saturated rings. The number of aromatic nitrogens is 2. The number of carboxylic acid groups (broad SMARTS) is 1. The Hall–Kier alpha value is -4.55. The largest absolute Gasteiger partial charge is 0.494 e. The van der Waals surface area contributed by atoms with Crippen molar-refractivity contribution in [1.29, 1.82) is 0 Å². The summed E-state index contributed by atoms with van der Waals surface area (Å²) in [4.78, 5) is 19.1. The molecule has 0 amide bonds. The lowest BCUT2D eigenvalue weighted by molar-refractivity contribution is -0.122. The van der Waals surface area contributed by atoms with Gasteiger partial charge in [0.25, 0.3) is 16.5 Å². The smallest absolute Gasteiger partial charge is 0.290 e. The number of halogens is 1. The van der Waals surface area contributed by atoms with E-state index in [4.69, 9.17) is 14.6 Å². The van der Waals surface area contributed by atoms with E-state index in [-0.39, 0.29) is 6.47 Å². The maximum Gasteiger partial charge on any atom is 0.290 e. The molecule has 0 radical (unpaired) electrons. The predicted molar refractivity (Wildman–Crippen MR) is 159 cm³/mol. The number of ether oxygens (including phenoxy) is 1. The molecule has 220 valence electrons. The Morgan fingerprint density at radius 3 is 2.31 bits per heavy atom. The van der Waals surface area contributed by atoms with Crippen LogP contribution < -0.4 is 14.8 Å². The van der Waals surface area contributed by atoms with E-state index in [1.165, 1.54) is 50.5 Å². The van der Waals surface area contributed by atoms with E-state index in [9.17, 15) is 12.8 Å². The zero-order valence-corrected chi connectivity index (χ0v) is 23.6. The summed E-state index contributed by atoms with van der Waals surface area (Å²) in [6.07, 6.45) is 5.10. The summed E-state index contributed by atoms with van der Waals surface area (Å²) in [5, 5.41) is 10.1. The third kappa shape index (κ3) is 8.72. The van der Waals surface area contributed by atoms with Crippen LogP contribution in [0.5, 0.6) is 5.75 Å². The van der Waals surface area contributed by atoms with Crippen molar-refractivity contribution < 1.29 is 27.4 Å². The molecule has 3 aromatic carbocycles. The summed E-state index contributed by atoms with van der Waals surface area (Å²) in [6.45, 7) is 3.93. The first-order valence-corrected chi connectivity index (χ1v) is 14.9. The fourth-order valence-corrected chi connectivity index (χ4v) is 5.57. The molecule has 1 saturated heterocycles. The molecule has 0 spiro atoms. The van der Waals surface area contributed by atoms with Gasteiger partial charge in [-0.25, -0.2) is 22.8 Å². The van der Waals surface area contributed by atoms with Crippen molar-refractivity contribution in [2.75, 3.05) is 36.3 Å². The Labute approximate surface area is 244 Å². The fourth-order valence-electron chi connectivity index (χ4n) is 4.43. The Balaban J connectivity index is 0.00000129. The second kappa shape index (κ2) is 14.9. The standard InChI is InChI=1S/C29H30FN5O3S.CH2O2/c30-26-6-1-2-7-28(26)39(36,37)34-24-12-10-23(11-13-24)33-29-20-27(31-21-32-29)22-8-14-25(15-9-22)38-19-5-18-35-16-3-4-17-35;2-1-3/h1-2,6-15,20-21,34H,3-5,16-19H2,(H,31,32,33);1H,(H,2,3). The van der Waals surface area contributed by atoms with E-state index in [2.05, 4.69) is 24.9 Å². The summed E-state index contributed by atoms with van der Waals surface area (Å²) in [5.74, 6) is 0.609. The molecule has 0 saturated carbocycles. The van der Waals surface area contributed by atoms with Gasteiger partial charge in [0.1, 0.15) is 28.6 Å². The molecule has 2 heterocycles. The number of nitrogens with zero attached hydrogens (tertiary/aromatic N) is 3.